The van der Waals surface area contributed by atoms with Crippen LogP contribution in [0.4, 0.5) is 10.5 Å². The first-order valence-electron chi connectivity index (χ1n) is 8.91. The van der Waals surface area contributed by atoms with Gasteiger partial charge in [0.15, 0.2) is 0 Å². The van der Waals surface area contributed by atoms with E-state index in [4.69, 9.17) is 9.52 Å². The molecule has 0 atom stereocenters. The van der Waals surface area contributed by atoms with Gasteiger partial charge in [-0.05, 0) is 61.2 Å². The first-order valence-corrected chi connectivity index (χ1v) is 10.1. The largest absolute Gasteiger partial charge is 0.508 e. The van der Waals surface area contributed by atoms with E-state index in [1.165, 1.54) is 18.9 Å². The summed E-state index contributed by atoms with van der Waals surface area (Å²) in [6, 6.07) is 12.3. The molecule has 3 aromatic rings. The van der Waals surface area contributed by atoms with E-state index >= 15 is 0 Å². The van der Waals surface area contributed by atoms with Crippen molar-refractivity contribution in [1.82, 2.24) is 10.1 Å². The average molecular weight is 424 g/mol. The summed E-state index contributed by atoms with van der Waals surface area (Å²) in [6.07, 6.45) is 1.06. The summed E-state index contributed by atoms with van der Waals surface area (Å²) in [5.74, 6) is 1.07. The number of phenolic OH excluding ortho intramolecular Hbond substituents is 1. The Kier molecular flexibility index (Phi) is 6.63. The lowest BCUT2D eigenvalue weighted by Crippen LogP contribution is -2.14. The number of hydrogen-bond acceptors (Lipinski definition) is 8. The number of phenols is 1. The quantitative estimate of drug-likeness (QED) is 0.477. The third kappa shape index (κ3) is 5.12. The molecule has 1 heterocycles. The fourth-order valence-electron chi connectivity index (χ4n) is 2.69. The van der Waals surface area contributed by atoms with Gasteiger partial charge in [0, 0.05) is 18.1 Å². The topological polar surface area (TPSA) is 110 Å². The zero-order valence-electron chi connectivity index (χ0n) is 16.9. The van der Waals surface area contributed by atoms with Crippen molar-refractivity contribution in [2.75, 3.05) is 13.4 Å². The minimum absolute atomic E-state index is 0.0963. The number of carbonyl (C=O) groups is 1. The average Bonchev–Trinajstić information content (AvgIpc) is 3.16. The fourth-order valence-corrected chi connectivity index (χ4v) is 3.21. The van der Waals surface area contributed by atoms with Gasteiger partial charge in [0.25, 0.3) is 0 Å². The molecule has 1 amide bonds. The van der Waals surface area contributed by atoms with Gasteiger partial charge in [-0.15, -0.1) is 11.8 Å². The van der Waals surface area contributed by atoms with Crippen molar-refractivity contribution in [3.8, 4) is 17.1 Å². The van der Waals surface area contributed by atoms with Gasteiger partial charge in [-0.25, -0.2) is 9.79 Å². The summed E-state index contributed by atoms with van der Waals surface area (Å²) in [4.78, 5) is 24.6. The summed E-state index contributed by atoms with van der Waals surface area (Å²) in [5, 5.41) is 14.3. The van der Waals surface area contributed by atoms with Crippen LogP contribution in [0.25, 0.3) is 11.4 Å². The summed E-state index contributed by atoms with van der Waals surface area (Å²) < 4.78 is 9.68. The molecule has 0 aliphatic heterocycles. The van der Waals surface area contributed by atoms with E-state index in [-0.39, 0.29) is 5.75 Å². The normalized spacial score (nSPS) is 12.1. The lowest BCUT2D eigenvalue weighted by molar-refractivity contribution is 0.183. The van der Waals surface area contributed by atoms with Crippen molar-refractivity contribution >= 4 is 34.3 Å². The first-order chi connectivity index (χ1) is 14.4. The summed E-state index contributed by atoms with van der Waals surface area (Å²) >= 11 is 1.25. The second kappa shape index (κ2) is 9.36. The summed E-state index contributed by atoms with van der Waals surface area (Å²) in [5.41, 5.74) is 3.33. The van der Waals surface area contributed by atoms with Crippen molar-refractivity contribution < 1.29 is 19.2 Å². The van der Waals surface area contributed by atoms with E-state index in [1.807, 2.05) is 25.1 Å². The van der Waals surface area contributed by atoms with Gasteiger partial charge in [-0.1, -0.05) is 5.16 Å². The molecule has 3 rings (SSSR count). The molecule has 0 fully saturated rings. The number of nitrogens with zero attached hydrogens (tertiary/aromatic N) is 4. The van der Waals surface area contributed by atoms with Crippen LogP contribution in [0, 0.1) is 13.8 Å². The highest BCUT2D eigenvalue weighted by Crippen LogP contribution is 2.24. The Morgan fingerprint density at radius 1 is 1.17 bits per heavy atom. The van der Waals surface area contributed by atoms with Crippen LogP contribution in [0.1, 0.15) is 17.0 Å². The molecule has 0 spiro atoms. The highest BCUT2D eigenvalue weighted by molar-refractivity contribution is 8.15. The zero-order valence-corrected chi connectivity index (χ0v) is 17.7. The maximum absolute atomic E-state index is 11.8. The van der Waals surface area contributed by atoms with Crippen LogP contribution in [0.2, 0.25) is 0 Å². The molecule has 1 N–H and O–H groups in total. The van der Waals surface area contributed by atoms with Gasteiger partial charge < -0.3 is 14.4 Å². The highest BCUT2D eigenvalue weighted by atomic mass is 32.2. The third-order valence-corrected chi connectivity index (χ3v) is 4.66. The van der Waals surface area contributed by atoms with Crippen molar-refractivity contribution in [3.63, 3.8) is 0 Å². The fraction of sp³-hybridized carbons (Fsp3) is 0.190. The van der Waals surface area contributed by atoms with Gasteiger partial charge >= 0.3 is 6.09 Å². The molecule has 0 radical (unpaired) electrons. The van der Waals surface area contributed by atoms with Crippen molar-refractivity contribution in [2.45, 2.75) is 13.8 Å². The van der Waals surface area contributed by atoms with Gasteiger partial charge in [0.05, 0.1) is 12.8 Å². The predicted octanol–water partition coefficient (Wildman–Crippen LogP) is 4.71. The van der Waals surface area contributed by atoms with Gasteiger partial charge in [-0.3, -0.25) is 0 Å². The molecule has 9 heteroatoms. The zero-order chi connectivity index (χ0) is 21.7. The molecule has 0 aliphatic carbocycles. The number of aromatic nitrogens is 2. The Bertz CT molecular complexity index is 1100. The Labute approximate surface area is 177 Å². The number of aliphatic imine (C=N–C) groups is 2. The standard InChI is InChI=1S/C21H20N4O4S/c1-12-9-15(11-17(26)10-12)18(20(30-4)24-21(27)28-3)23-16-7-5-14(6-8-16)19-22-13(2)29-25-19/h5-11,26H,1-4H3/b23-18?,24-20-. The molecule has 0 aliphatic rings. The molecular formula is C21H20N4O4S. The molecule has 0 bridgehead atoms. The minimum atomic E-state index is -0.730. The monoisotopic (exact) mass is 424 g/mol. The lowest BCUT2D eigenvalue weighted by Gasteiger charge is -2.10. The number of ether oxygens (including phenoxy) is 1. The maximum atomic E-state index is 11.8. The Hall–Kier alpha value is -3.46. The minimum Gasteiger partial charge on any atom is -0.508 e. The van der Waals surface area contributed by atoms with Gasteiger partial charge in [0.1, 0.15) is 16.5 Å². The van der Waals surface area contributed by atoms with Gasteiger partial charge in [0.2, 0.25) is 11.7 Å². The number of thioether (sulfide) groups is 1. The van der Waals surface area contributed by atoms with Crippen molar-refractivity contribution in [1.29, 1.82) is 0 Å². The summed E-state index contributed by atoms with van der Waals surface area (Å²) in [6.45, 7) is 3.59. The molecule has 30 heavy (non-hydrogen) atoms. The van der Waals surface area contributed by atoms with Crippen LogP contribution in [-0.2, 0) is 4.74 Å². The molecule has 0 saturated carbocycles. The van der Waals surface area contributed by atoms with E-state index in [0.29, 0.717) is 33.7 Å². The van der Waals surface area contributed by atoms with E-state index in [2.05, 4.69) is 19.9 Å². The molecular weight excluding hydrogens is 404 g/mol. The van der Waals surface area contributed by atoms with Crippen LogP contribution < -0.4 is 0 Å². The predicted molar refractivity (Wildman–Crippen MR) is 117 cm³/mol. The first kappa shape index (κ1) is 21.3. The number of benzene rings is 2. The smallest absolute Gasteiger partial charge is 0.434 e. The number of aryl methyl sites for hydroxylation is 2. The van der Waals surface area contributed by atoms with Crippen LogP contribution in [0.15, 0.2) is 57.0 Å². The van der Waals surface area contributed by atoms with Crippen LogP contribution in [0.3, 0.4) is 0 Å². The van der Waals surface area contributed by atoms with E-state index in [1.54, 1.807) is 37.4 Å². The van der Waals surface area contributed by atoms with Crippen molar-refractivity contribution in [2.24, 2.45) is 9.98 Å². The molecule has 0 unspecified atom stereocenters. The van der Waals surface area contributed by atoms with Crippen LogP contribution in [0.5, 0.6) is 5.75 Å². The third-order valence-electron chi connectivity index (χ3n) is 3.99. The lowest BCUT2D eigenvalue weighted by atomic mass is 10.1. The van der Waals surface area contributed by atoms with E-state index in [9.17, 15) is 9.90 Å². The van der Waals surface area contributed by atoms with E-state index in [0.717, 1.165) is 11.1 Å². The molecule has 1 aromatic heterocycles. The number of amides is 1. The maximum Gasteiger partial charge on any atom is 0.434 e. The van der Waals surface area contributed by atoms with Gasteiger partial charge in [-0.2, -0.15) is 9.98 Å². The second-order valence-electron chi connectivity index (χ2n) is 6.29. The molecule has 8 nitrogen and oxygen atoms in total. The number of methoxy groups -OCH3 is 1. The Morgan fingerprint density at radius 3 is 2.47 bits per heavy atom. The molecule has 154 valence electrons. The number of rotatable bonds is 4. The summed E-state index contributed by atoms with van der Waals surface area (Å²) in [7, 11) is 1.26. The number of aromatic hydroxyl groups is 1. The SMILES string of the molecule is COC(=O)/N=C(\SC)C(=Nc1ccc(-c2noc(C)n2)cc1)c1cc(C)cc(O)c1. The molecule has 0 saturated heterocycles. The highest BCUT2D eigenvalue weighted by Gasteiger charge is 2.16. The van der Waals surface area contributed by atoms with E-state index < -0.39 is 6.09 Å². The van der Waals surface area contributed by atoms with Crippen LogP contribution in [-0.4, -0.2) is 45.5 Å². The molecule has 2 aromatic carbocycles. The van der Waals surface area contributed by atoms with Crippen molar-refractivity contribution in [3.05, 3.63) is 59.5 Å². The Balaban J connectivity index is 2.07. The Morgan fingerprint density at radius 2 is 1.90 bits per heavy atom. The van der Waals surface area contributed by atoms with Crippen LogP contribution >= 0.6 is 11.8 Å². The number of hydrogen-bond donors (Lipinski definition) is 1. The second-order valence-corrected chi connectivity index (χ2v) is 7.09. The number of carbonyl (C=O) groups excluding carboxylic acids is 1.